The third-order valence-electron chi connectivity index (χ3n) is 2.96. The summed E-state index contributed by atoms with van der Waals surface area (Å²) in [6, 6.07) is 7.44. The highest BCUT2D eigenvalue weighted by Gasteiger charge is 2.24. The third-order valence-corrected chi connectivity index (χ3v) is 3.25. The van der Waals surface area contributed by atoms with Crippen LogP contribution in [0.5, 0.6) is 0 Å². The predicted molar refractivity (Wildman–Crippen MR) is 76.3 cm³/mol. The monoisotopic (exact) mass is 286 g/mol. The van der Waals surface area contributed by atoms with Gasteiger partial charge in [-0.15, -0.1) is 0 Å². The van der Waals surface area contributed by atoms with Gasteiger partial charge in [-0.25, -0.2) is 4.79 Å². The van der Waals surface area contributed by atoms with Gasteiger partial charge in [0.05, 0.1) is 11.0 Å². The quantitative estimate of drug-likeness (QED) is 0.379. The number of hydrogen-bond donors (Lipinski definition) is 1. The number of H-pyrrole nitrogens is 1. The van der Waals surface area contributed by atoms with E-state index in [9.17, 15) is 9.59 Å². The molecule has 0 fully saturated rings. The zero-order valence-corrected chi connectivity index (χ0v) is 11.4. The lowest BCUT2D eigenvalue weighted by Crippen LogP contribution is -2.19. The minimum absolute atomic E-state index is 0.0450. The fraction of sp³-hybridized carbons (Fsp3) is 0.0714. The van der Waals surface area contributed by atoms with Gasteiger partial charge in [-0.1, -0.05) is 12.1 Å². The number of esters is 1. The summed E-state index contributed by atoms with van der Waals surface area (Å²) in [5.41, 5.74) is 1.58. The SMILES string of the molecule is CC1=CC(=O)/C(=C\n2c(=S)[nH]c3ccccc32)C(=O)O1. The zero-order chi connectivity index (χ0) is 14.3. The van der Waals surface area contributed by atoms with Crippen LogP contribution in [0.1, 0.15) is 6.92 Å². The number of ketones is 1. The number of ether oxygens (including phenoxy) is 1. The van der Waals surface area contributed by atoms with Gasteiger partial charge in [0.25, 0.3) is 0 Å². The number of allylic oxidation sites excluding steroid dienone is 2. The topological polar surface area (TPSA) is 64.1 Å². The Morgan fingerprint density at radius 3 is 2.80 bits per heavy atom. The molecular weight excluding hydrogens is 276 g/mol. The number of carbonyl (C=O) groups excluding carboxylic acids is 2. The standard InChI is InChI=1S/C14H10N2O3S/c1-8-6-12(17)9(13(18)19-8)7-16-11-5-3-2-4-10(11)15-14(16)20/h2-7H,1H3,(H,15,20)/b9-7+. The van der Waals surface area contributed by atoms with Gasteiger partial charge >= 0.3 is 5.97 Å². The minimum atomic E-state index is -0.665. The van der Waals surface area contributed by atoms with E-state index in [1.807, 2.05) is 24.3 Å². The van der Waals surface area contributed by atoms with Crippen molar-refractivity contribution in [3.8, 4) is 0 Å². The van der Waals surface area contributed by atoms with Crippen molar-refractivity contribution in [3.63, 3.8) is 0 Å². The number of rotatable bonds is 1. The molecule has 0 aliphatic carbocycles. The first-order chi connectivity index (χ1) is 9.56. The molecule has 1 aromatic carbocycles. The molecule has 0 unspecified atom stereocenters. The molecule has 2 heterocycles. The summed E-state index contributed by atoms with van der Waals surface area (Å²) in [6.07, 6.45) is 2.69. The molecule has 100 valence electrons. The Labute approximate surface area is 119 Å². The molecule has 0 saturated carbocycles. The van der Waals surface area contributed by atoms with Gasteiger partial charge < -0.3 is 9.72 Å². The molecule has 0 atom stereocenters. The Hall–Kier alpha value is -2.47. The van der Waals surface area contributed by atoms with Gasteiger partial charge in [0.1, 0.15) is 11.3 Å². The highest BCUT2D eigenvalue weighted by molar-refractivity contribution is 7.71. The second-order valence-electron chi connectivity index (χ2n) is 4.37. The number of imidazole rings is 1. The number of carbonyl (C=O) groups is 2. The number of hydrogen-bond acceptors (Lipinski definition) is 4. The molecule has 2 aromatic rings. The molecule has 6 heteroatoms. The number of benzene rings is 1. The lowest BCUT2D eigenvalue weighted by Gasteiger charge is -2.11. The second-order valence-corrected chi connectivity index (χ2v) is 4.76. The molecule has 20 heavy (non-hydrogen) atoms. The van der Waals surface area contributed by atoms with E-state index < -0.39 is 5.97 Å². The van der Waals surface area contributed by atoms with Crippen LogP contribution in [0, 0.1) is 4.77 Å². The van der Waals surface area contributed by atoms with Crippen molar-refractivity contribution in [1.29, 1.82) is 0 Å². The summed E-state index contributed by atoms with van der Waals surface area (Å²) in [5, 5.41) is 0. The first-order valence-electron chi connectivity index (χ1n) is 5.92. The highest BCUT2D eigenvalue weighted by Crippen LogP contribution is 2.18. The molecule has 1 aliphatic heterocycles. The summed E-state index contributed by atoms with van der Waals surface area (Å²) >= 11 is 5.21. The van der Waals surface area contributed by atoms with E-state index in [2.05, 4.69) is 4.98 Å². The van der Waals surface area contributed by atoms with Crippen LogP contribution in [0.2, 0.25) is 0 Å². The van der Waals surface area contributed by atoms with Crippen molar-refractivity contribution in [2.75, 3.05) is 0 Å². The number of para-hydroxylation sites is 2. The van der Waals surface area contributed by atoms with Crippen LogP contribution in [0.15, 0.2) is 41.7 Å². The van der Waals surface area contributed by atoms with E-state index in [0.717, 1.165) is 11.0 Å². The molecule has 1 aliphatic rings. The van der Waals surface area contributed by atoms with Crippen LogP contribution in [-0.2, 0) is 14.3 Å². The van der Waals surface area contributed by atoms with Crippen molar-refractivity contribution in [2.24, 2.45) is 0 Å². The molecule has 1 N–H and O–H groups in total. The maximum Gasteiger partial charge on any atom is 0.348 e. The summed E-state index contributed by atoms with van der Waals surface area (Å²) in [6.45, 7) is 1.56. The molecule has 0 amide bonds. The molecule has 0 spiro atoms. The normalized spacial score (nSPS) is 17.4. The van der Waals surface area contributed by atoms with E-state index in [4.69, 9.17) is 17.0 Å². The highest BCUT2D eigenvalue weighted by atomic mass is 32.1. The Morgan fingerprint density at radius 2 is 2.05 bits per heavy atom. The van der Waals surface area contributed by atoms with Crippen molar-refractivity contribution in [1.82, 2.24) is 9.55 Å². The van der Waals surface area contributed by atoms with E-state index in [-0.39, 0.29) is 11.4 Å². The van der Waals surface area contributed by atoms with Gasteiger partial charge in [0, 0.05) is 12.3 Å². The lowest BCUT2D eigenvalue weighted by molar-refractivity contribution is -0.137. The lowest BCUT2D eigenvalue weighted by atomic mass is 10.1. The van der Waals surface area contributed by atoms with Crippen molar-refractivity contribution < 1.29 is 14.3 Å². The fourth-order valence-corrected chi connectivity index (χ4v) is 2.30. The molecule has 1 aromatic heterocycles. The molecule has 0 radical (unpaired) electrons. The minimum Gasteiger partial charge on any atom is -0.427 e. The van der Waals surface area contributed by atoms with E-state index in [1.165, 1.54) is 12.3 Å². The number of nitrogens with zero attached hydrogens (tertiary/aromatic N) is 1. The number of aromatic amines is 1. The summed E-state index contributed by atoms with van der Waals surface area (Å²) < 4.78 is 6.94. The Morgan fingerprint density at radius 1 is 1.30 bits per heavy atom. The zero-order valence-electron chi connectivity index (χ0n) is 10.5. The summed E-state index contributed by atoms with van der Waals surface area (Å²) in [7, 11) is 0. The largest absolute Gasteiger partial charge is 0.427 e. The van der Waals surface area contributed by atoms with Crippen LogP contribution in [0.3, 0.4) is 0 Å². The summed E-state index contributed by atoms with van der Waals surface area (Å²) in [4.78, 5) is 26.7. The van der Waals surface area contributed by atoms with Crippen LogP contribution in [0.25, 0.3) is 17.2 Å². The molecule has 5 nitrogen and oxygen atoms in total. The third kappa shape index (κ3) is 2.00. The Bertz CT molecular complexity index is 855. The number of nitrogens with one attached hydrogen (secondary N) is 1. The first kappa shape index (κ1) is 12.6. The first-order valence-corrected chi connectivity index (χ1v) is 6.33. The van der Waals surface area contributed by atoms with Gasteiger partial charge in [-0.05, 0) is 31.3 Å². The van der Waals surface area contributed by atoms with Crippen molar-refractivity contribution in [2.45, 2.75) is 6.92 Å². The van der Waals surface area contributed by atoms with Crippen LogP contribution >= 0.6 is 12.2 Å². The summed E-state index contributed by atoms with van der Waals surface area (Å²) in [5.74, 6) is -0.757. The Kier molecular flexibility index (Phi) is 2.87. The number of fused-ring (bicyclic) bond motifs is 1. The van der Waals surface area contributed by atoms with E-state index in [1.54, 1.807) is 11.5 Å². The average molecular weight is 286 g/mol. The van der Waals surface area contributed by atoms with Crippen LogP contribution in [0.4, 0.5) is 0 Å². The average Bonchev–Trinajstić information content (AvgIpc) is 2.69. The predicted octanol–water partition coefficient (Wildman–Crippen LogP) is 2.57. The maximum atomic E-state index is 11.9. The van der Waals surface area contributed by atoms with Crippen LogP contribution in [-0.4, -0.2) is 21.3 Å². The Balaban J connectivity index is 2.20. The van der Waals surface area contributed by atoms with Gasteiger partial charge in [0.2, 0.25) is 0 Å². The molecule has 0 saturated heterocycles. The smallest absolute Gasteiger partial charge is 0.348 e. The molecular formula is C14H10N2O3S. The molecule has 0 bridgehead atoms. The van der Waals surface area contributed by atoms with Gasteiger partial charge in [-0.2, -0.15) is 0 Å². The fourth-order valence-electron chi connectivity index (χ4n) is 2.04. The molecule has 3 rings (SSSR count). The van der Waals surface area contributed by atoms with E-state index >= 15 is 0 Å². The van der Waals surface area contributed by atoms with Gasteiger partial charge in [0.15, 0.2) is 10.6 Å². The second kappa shape index (κ2) is 4.57. The van der Waals surface area contributed by atoms with Gasteiger partial charge in [-0.3, -0.25) is 9.36 Å². The van der Waals surface area contributed by atoms with Crippen molar-refractivity contribution in [3.05, 3.63) is 46.4 Å². The number of cyclic esters (lactones) is 1. The van der Waals surface area contributed by atoms with Crippen molar-refractivity contribution >= 4 is 41.2 Å². The van der Waals surface area contributed by atoms with E-state index in [0.29, 0.717) is 10.5 Å². The van der Waals surface area contributed by atoms with Crippen LogP contribution < -0.4 is 0 Å². The maximum absolute atomic E-state index is 11.9. The number of aromatic nitrogens is 2.